The Balaban J connectivity index is 1.58. The van der Waals surface area contributed by atoms with Gasteiger partial charge in [-0.2, -0.15) is 5.26 Å². The van der Waals surface area contributed by atoms with E-state index in [0.29, 0.717) is 45.3 Å². The number of rotatable bonds is 1. The molecule has 3 aromatic rings. The number of hydrogen-bond donors (Lipinski definition) is 1. The summed E-state index contributed by atoms with van der Waals surface area (Å²) in [6.07, 6.45) is 3.10. The maximum atomic E-state index is 16.1. The molecule has 2 fully saturated rings. The molecule has 10 heteroatoms. The van der Waals surface area contributed by atoms with Crippen LogP contribution in [0.3, 0.4) is 0 Å². The van der Waals surface area contributed by atoms with Crippen LogP contribution in [0.2, 0.25) is 0 Å². The van der Waals surface area contributed by atoms with E-state index in [-0.39, 0.29) is 34.9 Å². The smallest absolute Gasteiger partial charge is 0.276 e. The lowest BCUT2D eigenvalue weighted by Crippen LogP contribution is -2.48. The summed E-state index contributed by atoms with van der Waals surface area (Å²) < 4.78 is 97.6. The SMILES string of the molecule is [2H]C([2H])([2H])c1nc2c3cc(C4(C#N)CC4)c(=O)n(c3n1)CCCCCCN1CC(C1)CC(F)(F)c1cccc(c1F)[C@@H](C([2H])([2H])[2H])N2. The van der Waals surface area contributed by atoms with Crippen molar-refractivity contribution in [3.8, 4) is 6.07 Å². The van der Waals surface area contributed by atoms with E-state index in [0.717, 1.165) is 25.0 Å². The van der Waals surface area contributed by atoms with Gasteiger partial charge in [-0.25, -0.2) is 23.1 Å². The molecule has 1 saturated carbocycles. The van der Waals surface area contributed by atoms with Crippen LogP contribution in [-0.2, 0) is 17.9 Å². The predicted molar refractivity (Wildman–Crippen MR) is 150 cm³/mol. The fraction of sp³-hybridized carbons (Fsp3) is 0.548. The monoisotopic (exact) mass is 570 g/mol. The van der Waals surface area contributed by atoms with Gasteiger partial charge in [0.2, 0.25) is 0 Å². The van der Waals surface area contributed by atoms with Gasteiger partial charge in [-0.1, -0.05) is 31.0 Å². The van der Waals surface area contributed by atoms with E-state index in [2.05, 4.69) is 26.3 Å². The van der Waals surface area contributed by atoms with Gasteiger partial charge in [0.25, 0.3) is 11.5 Å². The third-order valence-corrected chi connectivity index (χ3v) is 8.62. The fourth-order valence-electron chi connectivity index (χ4n) is 6.16. The maximum Gasteiger partial charge on any atom is 0.276 e. The summed E-state index contributed by atoms with van der Waals surface area (Å²) in [7, 11) is 0. The molecule has 1 aliphatic carbocycles. The second kappa shape index (κ2) is 10.4. The number of nitrogens with one attached hydrogen (secondary N) is 1. The Kier molecular flexibility index (Phi) is 5.41. The number of halogens is 3. The number of pyridine rings is 1. The molecule has 1 N–H and O–H groups in total. The third-order valence-electron chi connectivity index (χ3n) is 8.62. The Morgan fingerprint density at radius 2 is 1.90 bits per heavy atom. The van der Waals surface area contributed by atoms with Crippen molar-refractivity contribution in [1.82, 2.24) is 19.4 Å². The quantitative estimate of drug-likeness (QED) is 0.389. The second-order valence-corrected chi connectivity index (χ2v) is 11.6. The number of nitrogens with zero attached hydrogens (tertiary/aromatic N) is 5. The number of fused-ring (bicyclic) bond motifs is 7. The highest BCUT2D eigenvalue weighted by Gasteiger charge is 2.47. The predicted octanol–water partition coefficient (Wildman–Crippen LogP) is 5.96. The molecule has 41 heavy (non-hydrogen) atoms. The molecule has 1 saturated heterocycles. The van der Waals surface area contributed by atoms with Crippen LogP contribution in [0.4, 0.5) is 19.0 Å². The first-order valence-corrected chi connectivity index (χ1v) is 14.1. The molecule has 5 heterocycles. The summed E-state index contributed by atoms with van der Waals surface area (Å²) in [5.41, 5.74) is -3.00. The lowest BCUT2D eigenvalue weighted by atomic mass is 9.88. The minimum atomic E-state index is -3.58. The van der Waals surface area contributed by atoms with Gasteiger partial charge >= 0.3 is 0 Å². The fourth-order valence-corrected chi connectivity index (χ4v) is 6.16. The summed E-state index contributed by atoms with van der Waals surface area (Å²) in [5, 5.41) is 12.7. The Hall–Kier alpha value is -3.45. The van der Waals surface area contributed by atoms with Gasteiger partial charge in [-0.05, 0) is 57.9 Å². The van der Waals surface area contributed by atoms with Crippen molar-refractivity contribution < 1.29 is 21.4 Å². The number of aromatic nitrogens is 3. The molecular formula is C31H35F3N6O. The van der Waals surface area contributed by atoms with Gasteiger partial charge in [0.05, 0.1) is 28.5 Å². The Bertz CT molecular complexity index is 1790. The van der Waals surface area contributed by atoms with Crippen LogP contribution >= 0.6 is 0 Å². The Morgan fingerprint density at radius 1 is 1.12 bits per heavy atom. The molecule has 2 aromatic heterocycles. The van der Waals surface area contributed by atoms with Gasteiger partial charge in [0, 0.05) is 45.4 Å². The lowest BCUT2D eigenvalue weighted by Gasteiger charge is -2.41. The zero-order chi connectivity index (χ0) is 33.9. The topological polar surface area (TPSA) is 86.8 Å². The van der Waals surface area contributed by atoms with Crippen LogP contribution in [0, 0.1) is 29.9 Å². The molecule has 7 nitrogen and oxygen atoms in total. The highest BCUT2D eigenvalue weighted by molar-refractivity contribution is 5.88. The molecule has 8 bridgehead atoms. The number of benzene rings is 1. The molecule has 4 aliphatic rings. The summed E-state index contributed by atoms with van der Waals surface area (Å²) in [6.45, 7) is -4.15. The number of alkyl halides is 2. The molecule has 0 radical (unpaired) electrons. The van der Waals surface area contributed by atoms with Crippen molar-refractivity contribution in [2.24, 2.45) is 5.92 Å². The molecule has 0 spiro atoms. The molecule has 0 amide bonds. The number of anilines is 1. The first-order valence-electron chi connectivity index (χ1n) is 17.1. The van der Waals surface area contributed by atoms with Crippen LogP contribution in [0.5, 0.6) is 0 Å². The van der Waals surface area contributed by atoms with Gasteiger partial charge in [-0.3, -0.25) is 9.36 Å². The van der Waals surface area contributed by atoms with Crippen molar-refractivity contribution in [2.45, 2.75) is 82.6 Å². The first-order chi connectivity index (χ1) is 22.0. The number of nitriles is 1. The normalized spacial score (nSPS) is 28.3. The minimum absolute atomic E-state index is 0.0626. The minimum Gasteiger partial charge on any atom is -0.363 e. The largest absolute Gasteiger partial charge is 0.363 e. The van der Waals surface area contributed by atoms with Crippen LogP contribution in [0.1, 0.15) is 88.6 Å². The van der Waals surface area contributed by atoms with E-state index in [1.165, 1.54) is 16.7 Å². The molecular weight excluding hydrogens is 529 g/mol. The molecule has 216 valence electrons. The average Bonchev–Trinajstić information content (AvgIpc) is 3.76. The molecule has 0 unspecified atom stereocenters. The molecule has 1 atom stereocenters. The van der Waals surface area contributed by atoms with Crippen molar-refractivity contribution in [1.29, 1.82) is 5.26 Å². The molecule has 7 rings (SSSR count). The van der Waals surface area contributed by atoms with Crippen LogP contribution < -0.4 is 10.9 Å². The van der Waals surface area contributed by atoms with Crippen molar-refractivity contribution in [3.63, 3.8) is 0 Å². The standard InChI is InChI=1S/C31H35F3N6O/c1-19-22-8-7-9-24(26(22)32)31(33,34)15-21-16-39(17-21)12-5-3-4-6-13-40-28-23(27(36-19)37-20(2)38-28)14-25(29(40)41)30(18-35)10-11-30/h7-9,14,19,21H,3-6,10-13,15-17H2,1-2H3,(H,36,37,38)/t19-/m1/s1/i1D3,2D3. The zero-order valence-corrected chi connectivity index (χ0v) is 22.5. The van der Waals surface area contributed by atoms with Crippen molar-refractivity contribution >= 4 is 16.9 Å². The summed E-state index contributed by atoms with van der Waals surface area (Å²) in [5.74, 6) is -6.32. The average molecular weight is 571 g/mol. The first kappa shape index (κ1) is 21.3. The van der Waals surface area contributed by atoms with Crippen LogP contribution in [0.15, 0.2) is 29.1 Å². The van der Waals surface area contributed by atoms with Crippen LogP contribution in [0.25, 0.3) is 11.0 Å². The number of hydrogen-bond acceptors (Lipinski definition) is 6. The number of aryl methyl sites for hydroxylation is 2. The van der Waals surface area contributed by atoms with Crippen molar-refractivity contribution in [2.75, 3.05) is 25.0 Å². The Morgan fingerprint density at radius 3 is 2.61 bits per heavy atom. The van der Waals surface area contributed by atoms with E-state index < -0.39 is 65.8 Å². The molecule has 1 aromatic carbocycles. The zero-order valence-electron chi connectivity index (χ0n) is 28.5. The van der Waals surface area contributed by atoms with Crippen LogP contribution in [-0.4, -0.2) is 39.1 Å². The maximum absolute atomic E-state index is 16.1. The highest BCUT2D eigenvalue weighted by Crippen LogP contribution is 2.47. The lowest BCUT2D eigenvalue weighted by molar-refractivity contribution is -0.0592. The van der Waals surface area contributed by atoms with Crippen molar-refractivity contribution in [3.05, 3.63) is 63.0 Å². The second-order valence-electron chi connectivity index (χ2n) is 11.6. The van der Waals surface area contributed by atoms with E-state index in [1.807, 2.05) is 0 Å². The summed E-state index contributed by atoms with van der Waals surface area (Å²) >= 11 is 0. The van der Waals surface area contributed by atoms with Gasteiger partial charge < -0.3 is 10.2 Å². The Labute approximate surface area is 245 Å². The molecule has 3 aliphatic heterocycles. The van der Waals surface area contributed by atoms with Gasteiger partial charge in [0.15, 0.2) is 0 Å². The van der Waals surface area contributed by atoms with E-state index in [4.69, 9.17) is 8.22 Å². The van der Waals surface area contributed by atoms with Gasteiger partial charge in [-0.15, -0.1) is 0 Å². The van der Waals surface area contributed by atoms with E-state index in [1.54, 1.807) is 0 Å². The van der Waals surface area contributed by atoms with E-state index in [9.17, 15) is 10.1 Å². The van der Waals surface area contributed by atoms with Gasteiger partial charge in [0.1, 0.15) is 23.1 Å². The summed E-state index contributed by atoms with van der Waals surface area (Å²) in [4.78, 5) is 24.4. The summed E-state index contributed by atoms with van der Waals surface area (Å²) in [6, 6.07) is 4.86. The third kappa shape index (κ3) is 5.09. The van der Waals surface area contributed by atoms with E-state index >= 15 is 13.2 Å². The highest BCUT2D eigenvalue weighted by atomic mass is 19.3.